The van der Waals surface area contributed by atoms with Gasteiger partial charge in [-0.3, -0.25) is 19.6 Å². The number of hydrogen-bond acceptors (Lipinski definition) is 16. The van der Waals surface area contributed by atoms with Crippen molar-refractivity contribution < 1.29 is 66.4 Å². The number of benzene rings is 4. The second kappa shape index (κ2) is 27.9. The molecule has 5 heterocycles. The van der Waals surface area contributed by atoms with Crippen LogP contribution in [0.1, 0.15) is 74.3 Å². The summed E-state index contributed by atoms with van der Waals surface area (Å²) in [6.45, 7) is 18.0. The zero-order valence-corrected chi connectivity index (χ0v) is 53.3. The molecule has 0 aromatic heterocycles. The highest BCUT2D eigenvalue weighted by Gasteiger charge is 2.57. The minimum Gasteiger partial charge on any atom is -0.497 e. The third kappa shape index (κ3) is 12.9. The Balaban J connectivity index is 0.000000223. The second-order valence-electron chi connectivity index (χ2n) is 22.9. The fourth-order valence-electron chi connectivity index (χ4n) is 13.3. The molecule has 86 heavy (non-hydrogen) atoms. The van der Waals surface area contributed by atoms with Gasteiger partial charge in [-0.25, -0.2) is 9.59 Å². The normalized spacial score (nSPS) is 18.2. The highest BCUT2D eigenvalue weighted by molar-refractivity contribution is 5.84. The molecule has 5 aliphatic heterocycles. The van der Waals surface area contributed by atoms with Crippen LogP contribution in [-0.4, -0.2) is 190 Å². The van der Waals surface area contributed by atoms with E-state index in [1.165, 1.54) is 0 Å². The van der Waals surface area contributed by atoms with Gasteiger partial charge in [0.2, 0.25) is 11.5 Å². The molecule has 0 aliphatic carbocycles. The van der Waals surface area contributed by atoms with E-state index in [4.69, 9.17) is 56.8 Å². The lowest BCUT2D eigenvalue weighted by atomic mass is 9.77. The van der Waals surface area contributed by atoms with Crippen molar-refractivity contribution in [3.05, 3.63) is 118 Å². The molecule has 4 saturated heterocycles. The third-order valence-electron chi connectivity index (χ3n) is 17.4. The monoisotopic (exact) mass is 1190 g/mol. The van der Waals surface area contributed by atoms with Gasteiger partial charge in [-0.05, 0) is 103 Å². The molecule has 4 aromatic rings. The maximum Gasteiger partial charge on any atom is 0.325 e. The number of carbonyl (C=O) groups is 2. The van der Waals surface area contributed by atoms with E-state index in [1.807, 2.05) is 69.0 Å². The minimum absolute atomic E-state index is 0.00619. The van der Waals surface area contributed by atoms with E-state index in [9.17, 15) is 9.59 Å². The van der Waals surface area contributed by atoms with Crippen LogP contribution in [0.5, 0.6) is 57.5 Å². The van der Waals surface area contributed by atoms with E-state index in [1.54, 1.807) is 85.3 Å². The predicted octanol–water partition coefficient (Wildman–Crippen LogP) is 9.93. The van der Waals surface area contributed by atoms with Crippen molar-refractivity contribution in [1.82, 2.24) is 29.4 Å². The molecule has 0 bridgehead atoms. The molecule has 4 amide bonds. The van der Waals surface area contributed by atoms with Crippen LogP contribution in [0, 0.1) is 0 Å². The molecule has 20 nitrogen and oxygen atoms in total. The molecule has 9 rings (SSSR count). The van der Waals surface area contributed by atoms with Crippen LogP contribution in [-0.2, 0) is 41.1 Å². The van der Waals surface area contributed by atoms with Crippen molar-refractivity contribution in [3.8, 4) is 57.5 Å². The van der Waals surface area contributed by atoms with Crippen molar-refractivity contribution in [3.63, 3.8) is 0 Å². The highest BCUT2D eigenvalue weighted by Crippen LogP contribution is 2.54. The van der Waals surface area contributed by atoms with Gasteiger partial charge in [-0.1, -0.05) is 32.1 Å². The number of methoxy groups -OCH3 is 12. The van der Waals surface area contributed by atoms with Gasteiger partial charge >= 0.3 is 12.1 Å². The molecule has 468 valence electrons. The molecule has 0 radical (unpaired) electrons. The summed E-state index contributed by atoms with van der Waals surface area (Å²) in [7, 11) is 19.6. The summed E-state index contributed by atoms with van der Waals surface area (Å²) in [6.07, 6.45) is 7.50. The first-order chi connectivity index (χ1) is 41.4. The summed E-state index contributed by atoms with van der Waals surface area (Å²) in [5.74, 6) is 6.47. The maximum absolute atomic E-state index is 14.3. The lowest BCUT2D eigenvalue weighted by Crippen LogP contribution is -2.54. The number of likely N-dealkylation sites (tertiary alicyclic amines) is 2. The number of rotatable bonds is 23. The topological polar surface area (TPSA) is 164 Å². The Hall–Kier alpha value is -7.52. The Kier molecular flexibility index (Phi) is 20.9. The summed E-state index contributed by atoms with van der Waals surface area (Å²) in [6, 6.07) is 17.7. The quantitative estimate of drug-likeness (QED) is 0.0689. The maximum atomic E-state index is 14.3. The van der Waals surface area contributed by atoms with E-state index in [0.29, 0.717) is 73.9 Å². The van der Waals surface area contributed by atoms with Gasteiger partial charge in [0, 0.05) is 101 Å². The van der Waals surface area contributed by atoms with Crippen LogP contribution in [0.15, 0.2) is 90.3 Å². The number of urea groups is 2. The standard InChI is InChI=1S/2C33H45N3O7/c1-32(2)19-27-33(9-11-34(12-10-33)20-22-15-24(39-4)18-25(16-22)40-5)36(13-14-38-3)31(37)35(27)21-23-17-26(41-6)29(42-7)30(43-8)28(23)32;1-23(2)15-30-33(9-11-34(12-10-33)21-24-16-26(39-4)20-27(17-24)40-5)36(13-14-38-3)32(37)35(30)22-25-18-28(41-6)31(43-8)29(19-25)42-7/h15-19H,9-14,20-21H2,1-8H3;15-20H,1,9-14,21-22H2,2-8H3. The van der Waals surface area contributed by atoms with E-state index in [0.717, 1.165) is 133 Å². The van der Waals surface area contributed by atoms with Crippen molar-refractivity contribution in [2.24, 2.45) is 0 Å². The Morgan fingerprint density at radius 1 is 0.512 bits per heavy atom. The molecule has 4 fully saturated rings. The van der Waals surface area contributed by atoms with Gasteiger partial charge in [-0.15, -0.1) is 0 Å². The summed E-state index contributed by atoms with van der Waals surface area (Å²) < 4.78 is 67.0. The minimum atomic E-state index is -0.488. The first-order valence-electron chi connectivity index (χ1n) is 29.2. The molecular weight excluding hydrogens is 1100 g/mol. The fourth-order valence-corrected chi connectivity index (χ4v) is 13.3. The Morgan fingerprint density at radius 3 is 1.36 bits per heavy atom. The third-order valence-corrected chi connectivity index (χ3v) is 17.4. The SMILES string of the molecule is C=C(C)C=C1N(Cc2cc(OC)c(OC)c(OC)c2)C(=O)N(CCOC)C12CCN(Cc1cc(OC)cc(OC)c1)CC2.COCCN1C(=O)N2Cc3cc(OC)c(OC)c(OC)c3C(C)(C)C=C2C12CCN(Cc1cc(OC)cc(OC)c1)CC2. The molecular formula is C66H90N6O14. The molecule has 4 aromatic carbocycles. The average molecular weight is 1190 g/mol. The largest absolute Gasteiger partial charge is 0.497 e. The number of allylic oxidation sites excluding steroid dienone is 3. The van der Waals surface area contributed by atoms with E-state index in [2.05, 4.69) is 54.5 Å². The number of amides is 4. The Morgan fingerprint density at radius 2 is 0.942 bits per heavy atom. The molecule has 2 spiro atoms. The van der Waals surface area contributed by atoms with Gasteiger partial charge in [-0.2, -0.15) is 0 Å². The van der Waals surface area contributed by atoms with E-state index in [-0.39, 0.29) is 12.1 Å². The zero-order valence-electron chi connectivity index (χ0n) is 53.3. The molecule has 5 aliphatic rings. The zero-order chi connectivity index (χ0) is 62.1. The van der Waals surface area contributed by atoms with Crippen molar-refractivity contribution in [2.75, 3.05) is 138 Å². The van der Waals surface area contributed by atoms with Crippen LogP contribution in [0.4, 0.5) is 9.59 Å². The van der Waals surface area contributed by atoms with Crippen molar-refractivity contribution >= 4 is 12.1 Å². The second-order valence-corrected chi connectivity index (χ2v) is 22.9. The molecule has 0 unspecified atom stereocenters. The average Bonchev–Trinajstić information content (AvgIpc) is 1.60. The molecule has 0 atom stereocenters. The molecule has 0 N–H and O–H groups in total. The summed E-state index contributed by atoms with van der Waals surface area (Å²) in [5, 5.41) is 0. The number of hydrogen-bond donors (Lipinski definition) is 0. The fraction of sp³-hybridized carbons (Fsp3) is 0.515. The van der Waals surface area contributed by atoms with Gasteiger partial charge in [0.1, 0.15) is 23.0 Å². The first-order valence-corrected chi connectivity index (χ1v) is 29.2. The number of carbonyl (C=O) groups excluding carboxylic acids is 2. The first kappa shape index (κ1) is 64.5. The van der Waals surface area contributed by atoms with Crippen LogP contribution >= 0.6 is 0 Å². The van der Waals surface area contributed by atoms with Gasteiger partial charge in [0.15, 0.2) is 23.0 Å². The summed E-state index contributed by atoms with van der Waals surface area (Å²) >= 11 is 0. The summed E-state index contributed by atoms with van der Waals surface area (Å²) in [5.41, 5.74) is 6.60. The lowest BCUT2D eigenvalue weighted by Gasteiger charge is -2.45. The van der Waals surface area contributed by atoms with E-state index >= 15 is 0 Å². The van der Waals surface area contributed by atoms with Crippen LogP contribution in [0.2, 0.25) is 0 Å². The van der Waals surface area contributed by atoms with Gasteiger partial charge in [0.25, 0.3) is 0 Å². The van der Waals surface area contributed by atoms with Crippen LogP contribution in [0.3, 0.4) is 0 Å². The number of nitrogens with zero attached hydrogens (tertiary/aromatic N) is 6. The van der Waals surface area contributed by atoms with Gasteiger partial charge < -0.3 is 66.6 Å². The molecule has 20 heteroatoms. The van der Waals surface area contributed by atoms with Crippen molar-refractivity contribution in [1.29, 1.82) is 0 Å². The number of fused-ring (bicyclic) bond motifs is 3. The number of ether oxygens (including phenoxy) is 12. The van der Waals surface area contributed by atoms with Crippen LogP contribution < -0.4 is 47.4 Å². The smallest absolute Gasteiger partial charge is 0.325 e. The lowest BCUT2D eigenvalue weighted by molar-refractivity contribution is 0.0667. The van der Waals surface area contributed by atoms with Crippen LogP contribution in [0.25, 0.3) is 0 Å². The highest BCUT2D eigenvalue weighted by atomic mass is 16.5. The van der Waals surface area contributed by atoms with Gasteiger partial charge in [0.05, 0.1) is 108 Å². The summed E-state index contributed by atoms with van der Waals surface area (Å²) in [4.78, 5) is 41.2. The molecule has 0 saturated carbocycles. The number of piperidine rings is 2. The Bertz CT molecular complexity index is 3060. The predicted molar refractivity (Wildman–Crippen MR) is 329 cm³/mol. The van der Waals surface area contributed by atoms with E-state index < -0.39 is 16.5 Å². The Labute approximate surface area is 508 Å². The van der Waals surface area contributed by atoms with Crippen molar-refractivity contribution in [2.45, 2.75) is 89.1 Å².